The molecule has 0 heterocycles. The van der Waals surface area contributed by atoms with Crippen LogP contribution in [0.25, 0.3) is 0 Å². The molecule has 0 aliphatic heterocycles. The van der Waals surface area contributed by atoms with Crippen LogP contribution in [-0.4, -0.2) is 0 Å². The van der Waals surface area contributed by atoms with E-state index in [4.69, 9.17) is 0 Å². The number of fused-ring (bicyclic) bond motifs is 1. The summed E-state index contributed by atoms with van der Waals surface area (Å²) in [6.07, 6.45) is 9.41. The van der Waals surface area contributed by atoms with E-state index in [1.165, 1.54) is 25.7 Å². The molecule has 0 radical (unpaired) electrons. The highest BCUT2D eigenvalue weighted by atomic mass is 14.5. The number of hydrogen-bond acceptors (Lipinski definition) is 0. The largest absolute Gasteiger partial charge is 0.103 e. The summed E-state index contributed by atoms with van der Waals surface area (Å²) in [5.41, 5.74) is 0. The van der Waals surface area contributed by atoms with Gasteiger partial charge in [0.25, 0.3) is 0 Å². The van der Waals surface area contributed by atoms with E-state index in [0.717, 1.165) is 17.8 Å². The van der Waals surface area contributed by atoms with E-state index in [0.29, 0.717) is 0 Å². The van der Waals surface area contributed by atoms with Crippen molar-refractivity contribution in [1.29, 1.82) is 0 Å². The van der Waals surface area contributed by atoms with Crippen molar-refractivity contribution in [2.45, 2.75) is 32.1 Å². The van der Waals surface area contributed by atoms with Gasteiger partial charge in [-0.1, -0.05) is 6.08 Å². The molecule has 0 N–H and O–H groups in total. The van der Waals surface area contributed by atoms with Crippen molar-refractivity contribution >= 4 is 0 Å². The van der Waals surface area contributed by atoms with Gasteiger partial charge < -0.3 is 0 Å². The second-order valence-corrected chi connectivity index (χ2v) is 3.96. The van der Waals surface area contributed by atoms with E-state index < -0.39 is 0 Å². The molecule has 2 aliphatic carbocycles. The van der Waals surface area contributed by atoms with Gasteiger partial charge in [-0.05, 0) is 49.9 Å². The van der Waals surface area contributed by atoms with Crippen molar-refractivity contribution in [3.05, 3.63) is 12.7 Å². The summed E-state index contributed by atoms with van der Waals surface area (Å²) in [4.78, 5) is 0. The Labute approximate surface area is 63.3 Å². The molecule has 0 bridgehead atoms. The molecule has 3 atom stereocenters. The van der Waals surface area contributed by atoms with Gasteiger partial charge in [0.1, 0.15) is 0 Å². The van der Waals surface area contributed by atoms with Crippen LogP contribution in [0.3, 0.4) is 0 Å². The number of allylic oxidation sites excluding steroid dienone is 1. The first-order chi connectivity index (χ1) is 4.90. The van der Waals surface area contributed by atoms with Crippen LogP contribution in [-0.2, 0) is 0 Å². The van der Waals surface area contributed by atoms with Gasteiger partial charge in [-0.25, -0.2) is 0 Å². The standard InChI is InChI=1S/C10H16/c1-2-3-8-4-5-9-7-10(9)6-8/h2,8-10H,1,3-7H2. The Kier molecular flexibility index (Phi) is 1.55. The van der Waals surface area contributed by atoms with Gasteiger partial charge in [0.2, 0.25) is 0 Å². The zero-order valence-electron chi connectivity index (χ0n) is 6.55. The zero-order chi connectivity index (χ0) is 6.97. The summed E-state index contributed by atoms with van der Waals surface area (Å²) in [5.74, 6) is 3.29. The summed E-state index contributed by atoms with van der Waals surface area (Å²) in [6, 6.07) is 0. The van der Waals surface area contributed by atoms with E-state index in [1.54, 1.807) is 6.42 Å². The fourth-order valence-corrected chi connectivity index (χ4v) is 2.40. The summed E-state index contributed by atoms with van der Waals surface area (Å²) < 4.78 is 0. The highest BCUT2D eigenvalue weighted by molar-refractivity contribution is 4.93. The van der Waals surface area contributed by atoms with Gasteiger partial charge in [0.15, 0.2) is 0 Å². The molecule has 0 aromatic heterocycles. The Morgan fingerprint density at radius 2 is 2.10 bits per heavy atom. The lowest BCUT2D eigenvalue weighted by molar-refractivity contribution is 0.346. The minimum atomic E-state index is 1.00. The van der Waals surface area contributed by atoms with Crippen molar-refractivity contribution in [3.63, 3.8) is 0 Å². The van der Waals surface area contributed by atoms with E-state index >= 15 is 0 Å². The van der Waals surface area contributed by atoms with Crippen molar-refractivity contribution in [2.75, 3.05) is 0 Å². The van der Waals surface area contributed by atoms with Gasteiger partial charge in [-0.3, -0.25) is 0 Å². The predicted octanol–water partition coefficient (Wildman–Crippen LogP) is 3.00. The van der Waals surface area contributed by atoms with E-state index in [9.17, 15) is 0 Å². The molecule has 0 spiro atoms. The Hall–Kier alpha value is -0.260. The third-order valence-electron chi connectivity index (χ3n) is 3.15. The Morgan fingerprint density at radius 1 is 1.20 bits per heavy atom. The Bertz CT molecular complexity index is 137. The third-order valence-corrected chi connectivity index (χ3v) is 3.15. The van der Waals surface area contributed by atoms with Crippen LogP contribution in [0.5, 0.6) is 0 Å². The second kappa shape index (κ2) is 2.41. The third kappa shape index (κ3) is 1.12. The molecule has 2 rings (SSSR count). The van der Waals surface area contributed by atoms with Crippen LogP contribution in [0.15, 0.2) is 12.7 Å². The highest BCUT2D eigenvalue weighted by Crippen LogP contribution is 2.51. The Morgan fingerprint density at radius 3 is 2.80 bits per heavy atom. The molecule has 0 heteroatoms. The van der Waals surface area contributed by atoms with Crippen LogP contribution in [0.2, 0.25) is 0 Å². The minimum absolute atomic E-state index is 1.00. The molecule has 2 aliphatic rings. The van der Waals surface area contributed by atoms with Gasteiger partial charge in [-0.15, -0.1) is 6.58 Å². The lowest BCUT2D eigenvalue weighted by Crippen LogP contribution is -2.06. The number of hydrogen-bond donors (Lipinski definition) is 0. The molecule has 0 saturated heterocycles. The molecule has 0 aromatic carbocycles. The summed E-state index contributed by atoms with van der Waals surface area (Å²) in [7, 11) is 0. The average molecular weight is 136 g/mol. The van der Waals surface area contributed by atoms with E-state index in [-0.39, 0.29) is 0 Å². The zero-order valence-corrected chi connectivity index (χ0v) is 6.55. The van der Waals surface area contributed by atoms with Crippen molar-refractivity contribution in [3.8, 4) is 0 Å². The van der Waals surface area contributed by atoms with Gasteiger partial charge in [-0.2, -0.15) is 0 Å². The average Bonchev–Trinajstić information content (AvgIpc) is 2.66. The van der Waals surface area contributed by atoms with Crippen LogP contribution in [0.4, 0.5) is 0 Å². The van der Waals surface area contributed by atoms with Crippen LogP contribution in [0.1, 0.15) is 32.1 Å². The van der Waals surface area contributed by atoms with E-state index in [1.807, 2.05) is 0 Å². The molecular formula is C10H16. The molecule has 2 saturated carbocycles. The fourth-order valence-electron chi connectivity index (χ4n) is 2.40. The molecule has 10 heavy (non-hydrogen) atoms. The maximum Gasteiger partial charge on any atom is -0.0325 e. The van der Waals surface area contributed by atoms with Crippen molar-refractivity contribution in [2.24, 2.45) is 17.8 Å². The maximum absolute atomic E-state index is 3.79. The molecule has 0 aromatic rings. The molecule has 2 fully saturated rings. The van der Waals surface area contributed by atoms with Gasteiger partial charge in [0.05, 0.1) is 0 Å². The smallest absolute Gasteiger partial charge is 0.0325 e. The fraction of sp³-hybridized carbons (Fsp3) is 0.800. The topological polar surface area (TPSA) is 0 Å². The molecule has 0 amide bonds. The van der Waals surface area contributed by atoms with E-state index in [2.05, 4.69) is 12.7 Å². The lowest BCUT2D eigenvalue weighted by atomic mass is 9.87. The highest BCUT2D eigenvalue weighted by Gasteiger charge is 2.41. The van der Waals surface area contributed by atoms with Crippen molar-refractivity contribution in [1.82, 2.24) is 0 Å². The maximum atomic E-state index is 3.79. The normalized spacial score (nSPS) is 44.2. The summed E-state index contributed by atoms with van der Waals surface area (Å²) >= 11 is 0. The SMILES string of the molecule is C=CCC1CCC2CC2C1. The minimum Gasteiger partial charge on any atom is -0.103 e. The van der Waals surface area contributed by atoms with Crippen molar-refractivity contribution < 1.29 is 0 Å². The second-order valence-electron chi connectivity index (χ2n) is 3.96. The first-order valence-electron chi connectivity index (χ1n) is 4.51. The summed E-state index contributed by atoms with van der Waals surface area (Å²) in [5, 5.41) is 0. The monoisotopic (exact) mass is 136 g/mol. The molecular weight excluding hydrogens is 120 g/mol. The summed E-state index contributed by atoms with van der Waals surface area (Å²) in [6.45, 7) is 3.79. The first kappa shape index (κ1) is 6.45. The Balaban J connectivity index is 1.82. The van der Waals surface area contributed by atoms with Crippen LogP contribution < -0.4 is 0 Å². The first-order valence-corrected chi connectivity index (χ1v) is 4.51. The number of rotatable bonds is 2. The lowest BCUT2D eigenvalue weighted by Gasteiger charge is -2.18. The van der Waals surface area contributed by atoms with Crippen LogP contribution in [0, 0.1) is 17.8 Å². The van der Waals surface area contributed by atoms with Gasteiger partial charge >= 0.3 is 0 Å². The molecule has 0 nitrogen and oxygen atoms in total. The van der Waals surface area contributed by atoms with Crippen LogP contribution >= 0.6 is 0 Å². The predicted molar refractivity (Wildman–Crippen MR) is 43.8 cm³/mol. The quantitative estimate of drug-likeness (QED) is 0.512. The molecule has 3 unspecified atom stereocenters. The molecule has 56 valence electrons. The van der Waals surface area contributed by atoms with Gasteiger partial charge in [0, 0.05) is 0 Å².